The van der Waals surface area contributed by atoms with E-state index in [0.717, 1.165) is 10.7 Å². The van der Waals surface area contributed by atoms with E-state index in [0.29, 0.717) is 13.0 Å². The first-order valence-electron chi connectivity index (χ1n) is 6.55. The molecular weight excluding hydrogens is 278 g/mol. The summed E-state index contributed by atoms with van der Waals surface area (Å²) < 4.78 is 0. The topological polar surface area (TPSA) is 91.3 Å². The number of nitrogens with one attached hydrogen (secondary N) is 2. The van der Waals surface area contributed by atoms with Crippen LogP contribution in [-0.2, 0) is 11.2 Å². The molecule has 0 aliphatic carbocycles. The second-order valence-electron chi connectivity index (χ2n) is 4.93. The zero-order valence-electron chi connectivity index (χ0n) is 12.0. The monoisotopic (exact) mass is 299 g/mol. The van der Waals surface area contributed by atoms with Crippen LogP contribution in [0, 0.1) is 18.8 Å². The van der Waals surface area contributed by atoms with Crippen LogP contribution in [0.15, 0.2) is 5.38 Å². The summed E-state index contributed by atoms with van der Waals surface area (Å²) in [6.07, 6.45) is 0.671. The Kier molecular flexibility index (Phi) is 6.44. The fraction of sp³-hybridized carbons (Fsp3) is 0.615. The summed E-state index contributed by atoms with van der Waals surface area (Å²) in [6.45, 7) is 6.20. The standard InChI is InChI=1S/C13H21N3O3S/c1-8(2)11(12(17)18)6-15-13(19)14-5-4-10-7-20-9(3)16-10/h7-8,11H,4-6H2,1-3H3,(H,17,18)(H2,14,15,19). The molecule has 1 aromatic heterocycles. The number of carbonyl (C=O) groups excluding carboxylic acids is 1. The quantitative estimate of drug-likeness (QED) is 0.714. The number of amides is 2. The minimum atomic E-state index is -0.891. The van der Waals surface area contributed by atoms with E-state index in [1.807, 2.05) is 26.2 Å². The lowest BCUT2D eigenvalue weighted by Crippen LogP contribution is -2.41. The molecule has 1 aromatic rings. The molecule has 1 rings (SSSR count). The van der Waals surface area contributed by atoms with Crippen LogP contribution < -0.4 is 10.6 Å². The number of carboxylic acid groups (broad SMARTS) is 1. The molecule has 0 fully saturated rings. The summed E-state index contributed by atoms with van der Waals surface area (Å²) >= 11 is 1.58. The molecule has 0 aromatic carbocycles. The summed E-state index contributed by atoms with van der Waals surface area (Å²) in [5.41, 5.74) is 0.957. The normalized spacial score (nSPS) is 12.2. The van der Waals surface area contributed by atoms with E-state index < -0.39 is 11.9 Å². The summed E-state index contributed by atoms with van der Waals surface area (Å²) in [4.78, 5) is 26.8. The van der Waals surface area contributed by atoms with Crippen molar-refractivity contribution in [3.8, 4) is 0 Å². The van der Waals surface area contributed by atoms with Crippen LogP contribution >= 0.6 is 11.3 Å². The summed E-state index contributed by atoms with van der Waals surface area (Å²) in [7, 11) is 0. The lowest BCUT2D eigenvalue weighted by Gasteiger charge is -2.16. The molecule has 0 bridgehead atoms. The first kappa shape index (κ1) is 16.4. The van der Waals surface area contributed by atoms with Crippen LogP contribution in [0.3, 0.4) is 0 Å². The average Bonchev–Trinajstić information content (AvgIpc) is 2.74. The highest BCUT2D eigenvalue weighted by Crippen LogP contribution is 2.09. The number of rotatable bonds is 7. The van der Waals surface area contributed by atoms with Crippen molar-refractivity contribution in [2.75, 3.05) is 13.1 Å². The number of aryl methyl sites for hydroxylation is 1. The average molecular weight is 299 g/mol. The maximum atomic E-state index is 11.6. The Hall–Kier alpha value is -1.63. The molecule has 7 heteroatoms. The molecule has 2 amide bonds. The summed E-state index contributed by atoms with van der Waals surface area (Å²) in [5.74, 6) is -1.48. The molecule has 0 radical (unpaired) electrons. The van der Waals surface area contributed by atoms with E-state index in [1.165, 1.54) is 0 Å². The molecule has 0 aliphatic rings. The van der Waals surface area contributed by atoms with Crippen LogP contribution in [0.5, 0.6) is 0 Å². The predicted octanol–water partition coefficient (Wildman–Crippen LogP) is 1.65. The fourth-order valence-corrected chi connectivity index (χ4v) is 2.35. The van der Waals surface area contributed by atoms with E-state index in [2.05, 4.69) is 15.6 Å². The molecule has 112 valence electrons. The maximum absolute atomic E-state index is 11.6. The number of thiazole rings is 1. The van der Waals surface area contributed by atoms with E-state index >= 15 is 0 Å². The van der Waals surface area contributed by atoms with Gasteiger partial charge in [0.25, 0.3) is 0 Å². The molecule has 3 N–H and O–H groups in total. The highest BCUT2D eigenvalue weighted by atomic mass is 32.1. The van der Waals surface area contributed by atoms with Crippen LogP contribution in [0.25, 0.3) is 0 Å². The lowest BCUT2D eigenvalue weighted by atomic mass is 9.96. The van der Waals surface area contributed by atoms with Gasteiger partial charge in [-0.2, -0.15) is 0 Å². The highest BCUT2D eigenvalue weighted by molar-refractivity contribution is 7.09. The van der Waals surface area contributed by atoms with Crippen molar-refractivity contribution in [2.24, 2.45) is 11.8 Å². The lowest BCUT2D eigenvalue weighted by molar-refractivity contribution is -0.142. The fourth-order valence-electron chi connectivity index (χ4n) is 1.70. The Morgan fingerprint density at radius 3 is 2.60 bits per heavy atom. The van der Waals surface area contributed by atoms with Crippen molar-refractivity contribution in [1.82, 2.24) is 15.6 Å². The second-order valence-corrected chi connectivity index (χ2v) is 6.00. The number of aromatic nitrogens is 1. The summed E-state index contributed by atoms with van der Waals surface area (Å²) in [6, 6.07) is -0.344. The molecule has 1 unspecified atom stereocenters. The molecular formula is C13H21N3O3S. The Morgan fingerprint density at radius 2 is 2.10 bits per heavy atom. The zero-order chi connectivity index (χ0) is 15.1. The van der Waals surface area contributed by atoms with Gasteiger partial charge in [0.2, 0.25) is 0 Å². The van der Waals surface area contributed by atoms with E-state index in [1.54, 1.807) is 11.3 Å². The molecule has 0 spiro atoms. The molecule has 20 heavy (non-hydrogen) atoms. The number of hydrogen-bond donors (Lipinski definition) is 3. The SMILES string of the molecule is Cc1nc(CCNC(=O)NCC(C(=O)O)C(C)C)cs1. The van der Waals surface area contributed by atoms with E-state index in [-0.39, 0.29) is 18.5 Å². The van der Waals surface area contributed by atoms with Gasteiger partial charge < -0.3 is 15.7 Å². The Morgan fingerprint density at radius 1 is 1.40 bits per heavy atom. The number of nitrogens with zero attached hydrogens (tertiary/aromatic N) is 1. The minimum absolute atomic E-state index is 0.0224. The highest BCUT2D eigenvalue weighted by Gasteiger charge is 2.21. The zero-order valence-corrected chi connectivity index (χ0v) is 12.8. The van der Waals surface area contributed by atoms with Crippen molar-refractivity contribution >= 4 is 23.3 Å². The van der Waals surface area contributed by atoms with Gasteiger partial charge in [0.15, 0.2) is 0 Å². The van der Waals surface area contributed by atoms with Crippen molar-refractivity contribution in [2.45, 2.75) is 27.2 Å². The van der Waals surface area contributed by atoms with Crippen LogP contribution in [0.1, 0.15) is 24.5 Å². The molecule has 1 atom stereocenters. The van der Waals surface area contributed by atoms with Gasteiger partial charge in [0, 0.05) is 24.9 Å². The van der Waals surface area contributed by atoms with Crippen molar-refractivity contribution < 1.29 is 14.7 Å². The second kappa shape index (κ2) is 7.84. The largest absolute Gasteiger partial charge is 0.481 e. The third kappa shape index (κ3) is 5.56. The van der Waals surface area contributed by atoms with Gasteiger partial charge in [-0.1, -0.05) is 13.8 Å². The number of aliphatic carboxylic acids is 1. The molecule has 0 aliphatic heterocycles. The first-order valence-corrected chi connectivity index (χ1v) is 7.43. The molecule has 0 saturated heterocycles. The van der Waals surface area contributed by atoms with Gasteiger partial charge in [-0.05, 0) is 12.8 Å². The Balaban J connectivity index is 2.24. The van der Waals surface area contributed by atoms with Crippen molar-refractivity contribution in [1.29, 1.82) is 0 Å². The van der Waals surface area contributed by atoms with Gasteiger partial charge >= 0.3 is 12.0 Å². The summed E-state index contributed by atoms with van der Waals surface area (Å²) in [5, 5.41) is 17.3. The third-order valence-corrected chi connectivity index (χ3v) is 3.76. The number of urea groups is 1. The molecule has 0 saturated carbocycles. The smallest absolute Gasteiger partial charge is 0.314 e. The van der Waals surface area contributed by atoms with Gasteiger partial charge in [-0.3, -0.25) is 4.79 Å². The van der Waals surface area contributed by atoms with E-state index in [9.17, 15) is 9.59 Å². The molecule has 1 heterocycles. The van der Waals surface area contributed by atoms with Gasteiger partial charge in [0.05, 0.1) is 16.6 Å². The van der Waals surface area contributed by atoms with Crippen LogP contribution in [0.4, 0.5) is 4.79 Å². The van der Waals surface area contributed by atoms with E-state index in [4.69, 9.17) is 5.11 Å². The van der Waals surface area contributed by atoms with Gasteiger partial charge in [0.1, 0.15) is 0 Å². The van der Waals surface area contributed by atoms with Crippen LogP contribution in [-0.4, -0.2) is 35.2 Å². The van der Waals surface area contributed by atoms with Crippen molar-refractivity contribution in [3.05, 3.63) is 16.1 Å². The minimum Gasteiger partial charge on any atom is -0.481 e. The predicted molar refractivity (Wildman–Crippen MR) is 77.9 cm³/mol. The van der Waals surface area contributed by atoms with Gasteiger partial charge in [-0.15, -0.1) is 11.3 Å². The van der Waals surface area contributed by atoms with Crippen molar-refractivity contribution in [3.63, 3.8) is 0 Å². The maximum Gasteiger partial charge on any atom is 0.314 e. The van der Waals surface area contributed by atoms with Gasteiger partial charge in [-0.25, -0.2) is 9.78 Å². The molecule has 6 nitrogen and oxygen atoms in total. The first-order chi connectivity index (χ1) is 9.40. The number of carboxylic acids is 1. The van der Waals surface area contributed by atoms with Crippen LogP contribution in [0.2, 0.25) is 0 Å². The third-order valence-electron chi connectivity index (χ3n) is 2.94. The Labute approximate surface area is 122 Å². The Bertz CT molecular complexity index is 459. The number of hydrogen-bond acceptors (Lipinski definition) is 4. The number of carbonyl (C=O) groups is 2.